The molecule has 1 rings (SSSR count). The van der Waals surface area contributed by atoms with E-state index in [1.54, 1.807) is 6.20 Å². The SMILES string of the molecule is CCN(CCC#N)c1ncccc1C. The van der Waals surface area contributed by atoms with Crippen LogP contribution in [-0.4, -0.2) is 18.1 Å². The van der Waals surface area contributed by atoms with E-state index in [1.807, 2.05) is 19.1 Å². The van der Waals surface area contributed by atoms with Crippen LogP contribution in [0.5, 0.6) is 0 Å². The lowest BCUT2D eigenvalue weighted by Crippen LogP contribution is -2.25. The van der Waals surface area contributed by atoms with Crippen LogP contribution in [0.2, 0.25) is 0 Å². The Hall–Kier alpha value is -1.56. The molecule has 0 bridgehead atoms. The Morgan fingerprint density at radius 2 is 2.36 bits per heavy atom. The Kier molecular flexibility index (Phi) is 3.93. The fourth-order valence-corrected chi connectivity index (χ4v) is 1.41. The standard InChI is InChI=1S/C11H15N3/c1-3-14(9-5-7-12)11-10(2)6-4-8-13-11/h4,6,8H,3,5,9H2,1-2H3. The molecule has 0 unspecified atom stereocenters. The van der Waals surface area contributed by atoms with Gasteiger partial charge in [-0.15, -0.1) is 0 Å². The minimum absolute atomic E-state index is 0.545. The molecule has 0 aromatic carbocycles. The Labute approximate surface area is 85.0 Å². The summed E-state index contributed by atoms with van der Waals surface area (Å²) in [7, 11) is 0. The highest BCUT2D eigenvalue weighted by Crippen LogP contribution is 2.15. The summed E-state index contributed by atoms with van der Waals surface area (Å²) in [6.45, 7) is 5.76. The van der Waals surface area contributed by atoms with Gasteiger partial charge in [0.05, 0.1) is 12.5 Å². The first-order chi connectivity index (χ1) is 6.79. The molecule has 3 nitrogen and oxygen atoms in total. The number of hydrogen-bond acceptors (Lipinski definition) is 3. The van der Waals surface area contributed by atoms with Crippen LogP contribution in [0.15, 0.2) is 18.3 Å². The smallest absolute Gasteiger partial charge is 0.131 e. The molecule has 0 amide bonds. The first-order valence-electron chi connectivity index (χ1n) is 4.83. The first kappa shape index (κ1) is 10.5. The maximum Gasteiger partial charge on any atom is 0.131 e. The predicted molar refractivity (Wildman–Crippen MR) is 57.1 cm³/mol. The van der Waals surface area contributed by atoms with Gasteiger partial charge in [0.1, 0.15) is 5.82 Å². The molecule has 0 aliphatic rings. The average Bonchev–Trinajstić information content (AvgIpc) is 2.21. The van der Waals surface area contributed by atoms with Gasteiger partial charge in [-0.1, -0.05) is 6.07 Å². The summed E-state index contributed by atoms with van der Waals surface area (Å²) in [5.74, 6) is 0.991. The highest BCUT2D eigenvalue weighted by Gasteiger charge is 2.06. The van der Waals surface area contributed by atoms with Crippen molar-refractivity contribution in [2.75, 3.05) is 18.0 Å². The maximum atomic E-state index is 8.53. The van der Waals surface area contributed by atoms with E-state index in [1.165, 1.54) is 0 Å². The van der Waals surface area contributed by atoms with Crippen LogP contribution >= 0.6 is 0 Å². The largest absolute Gasteiger partial charge is 0.356 e. The zero-order valence-electron chi connectivity index (χ0n) is 8.70. The van der Waals surface area contributed by atoms with Crippen molar-refractivity contribution in [3.05, 3.63) is 23.9 Å². The van der Waals surface area contributed by atoms with Gasteiger partial charge in [-0.25, -0.2) is 4.98 Å². The molecule has 0 atom stereocenters. The molecule has 14 heavy (non-hydrogen) atoms. The van der Waals surface area contributed by atoms with Gasteiger partial charge < -0.3 is 4.90 Å². The average molecular weight is 189 g/mol. The molecule has 1 aromatic rings. The molecule has 0 radical (unpaired) electrons. The number of aryl methyl sites for hydroxylation is 1. The van der Waals surface area contributed by atoms with Gasteiger partial charge in [-0.05, 0) is 25.5 Å². The summed E-state index contributed by atoms with van der Waals surface area (Å²) in [5.41, 5.74) is 1.16. The van der Waals surface area contributed by atoms with Gasteiger partial charge in [0, 0.05) is 19.3 Å². The van der Waals surface area contributed by atoms with Crippen molar-refractivity contribution in [3.63, 3.8) is 0 Å². The molecule has 1 heterocycles. The van der Waals surface area contributed by atoms with Gasteiger partial charge in [-0.3, -0.25) is 0 Å². The summed E-state index contributed by atoms with van der Waals surface area (Å²) < 4.78 is 0. The van der Waals surface area contributed by atoms with Crippen molar-refractivity contribution in [3.8, 4) is 6.07 Å². The van der Waals surface area contributed by atoms with E-state index in [0.29, 0.717) is 6.42 Å². The number of rotatable bonds is 4. The molecule has 74 valence electrons. The molecule has 0 saturated carbocycles. The van der Waals surface area contributed by atoms with Gasteiger partial charge in [0.2, 0.25) is 0 Å². The fraction of sp³-hybridized carbons (Fsp3) is 0.455. The molecule has 3 heteroatoms. The minimum Gasteiger partial charge on any atom is -0.356 e. The van der Waals surface area contributed by atoms with Crippen LogP contribution < -0.4 is 4.90 Å². The number of hydrogen-bond donors (Lipinski definition) is 0. The minimum atomic E-state index is 0.545. The lowest BCUT2D eigenvalue weighted by molar-refractivity contribution is 0.806. The molecular weight excluding hydrogens is 174 g/mol. The molecule has 0 aliphatic carbocycles. The summed E-state index contributed by atoms with van der Waals surface area (Å²) in [5, 5.41) is 8.53. The number of pyridine rings is 1. The highest BCUT2D eigenvalue weighted by atomic mass is 15.2. The van der Waals surface area contributed by atoms with Crippen molar-refractivity contribution >= 4 is 5.82 Å². The second-order valence-electron chi connectivity index (χ2n) is 3.13. The van der Waals surface area contributed by atoms with E-state index in [9.17, 15) is 0 Å². The van der Waals surface area contributed by atoms with Crippen molar-refractivity contribution in [2.45, 2.75) is 20.3 Å². The lowest BCUT2D eigenvalue weighted by atomic mass is 10.2. The van der Waals surface area contributed by atoms with Gasteiger partial charge >= 0.3 is 0 Å². The Morgan fingerprint density at radius 1 is 1.57 bits per heavy atom. The highest BCUT2D eigenvalue weighted by molar-refractivity contribution is 5.45. The van der Waals surface area contributed by atoms with Crippen molar-refractivity contribution in [1.82, 2.24) is 4.98 Å². The Morgan fingerprint density at radius 3 is 2.93 bits per heavy atom. The molecule has 0 N–H and O–H groups in total. The Bertz CT molecular complexity index is 328. The molecular formula is C11H15N3. The van der Waals surface area contributed by atoms with E-state index in [2.05, 4.69) is 22.9 Å². The zero-order valence-corrected chi connectivity index (χ0v) is 8.70. The molecule has 1 aromatic heterocycles. The van der Waals surface area contributed by atoms with Crippen LogP contribution in [0, 0.1) is 18.3 Å². The topological polar surface area (TPSA) is 39.9 Å². The number of nitriles is 1. The summed E-state index contributed by atoms with van der Waals surface area (Å²) in [4.78, 5) is 6.44. The van der Waals surface area contributed by atoms with Gasteiger partial charge in [-0.2, -0.15) is 5.26 Å². The maximum absolute atomic E-state index is 8.53. The predicted octanol–water partition coefficient (Wildman–Crippen LogP) is 2.13. The summed E-state index contributed by atoms with van der Waals surface area (Å²) in [6, 6.07) is 6.12. The number of aromatic nitrogens is 1. The van der Waals surface area contributed by atoms with E-state index < -0.39 is 0 Å². The third-order valence-corrected chi connectivity index (χ3v) is 2.16. The van der Waals surface area contributed by atoms with Crippen molar-refractivity contribution < 1.29 is 0 Å². The van der Waals surface area contributed by atoms with Gasteiger partial charge in [0.25, 0.3) is 0 Å². The molecule has 0 aliphatic heterocycles. The quantitative estimate of drug-likeness (QED) is 0.728. The Balaban J connectivity index is 2.79. The summed E-state index contributed by atoms with van der Waals surface area (Å²) in [6.07, 6.45) is 2.33. The number of nitrogens with zero attached hydrogens (tertiary/aromatic N) is 3. The second-order valence-corrected chi connectivity index (χ2v) is 3.13. The van der Waals surface area contributed by atoms with E-state index in [4.69, 9.17) is 5.26 Å². The van der Waals surface area contributed by atoms with Crippen LogP contribution in [0.4, 0.5) is 5.82 Å². The zero-order chi connectivity index (χ0) is 10.4. The van der Waals surface area contributed by atoms with Crippen molar-refractivity contribution in [1.29, 1.82) is 5.26 Å². The number of anilines is 1. The molecule has 0 spiro atoms. The lowest BCUT2D eigenvalue weighted by Gasteiger charge is -2.22. The summed E-state index contributed by atoms with van der Waals surface area (Å²) >= 11 is 0. The van der Waals surface area contributed by atoms with Gasteiger partial charge in [0.15, 0.2) is 0 Å². The molecule has 0 fully saturated rings. The molecule has 0 saturated heterocycles. The van der Waals surface area contributed by atoms with E-state index in [0.717, 1.165) is 24.5 Å². The van der Waals surface area contributed by atoms with Crippen LogP contribution in [0.1, 0.15) is 18.9 Å². The van der Waals surface area contributed by atoms with Crippen molar-refractivity contribution in [2.24, 2.45) is 0 Å². The third kappa shape index (κ3) is 2.46. The monoisotopic (exact) mass is 189 g/mol. The third-order valence-electron chi connectivity index (χ3n) is 2.16. The fourth-order valence-electron chi connectivity index (χ4n) is 1.41. The van der Waals surface area contributed by atoms with Crippen LogP contribution in [-0.2, 0) is 0 Å². The van der Waals surface area contributed by atoms with E-state index in [-0.39, 0.29) is 0 Å². The normalized spacial score (nSPS) is 9.50. The second kappa shape index (κ2) is 5.23. The van der Waals surface area contributed by atoms with E-state index >= 15 is 0 Å². The van der Waals surface area contributed by atoms with Crippen LogP contribution in [0.3, 0.4) is 0 Å². The van der Waals surface area contributed by atoms with Crippen LogP contribution in [0.25, 0.3) is 0 Å². The first-order valence-corrected chi connectivity index (χ1v) is 4.83.